The van der Waals surface area contributed by atoms with Crippen LogP contribution in [0.1, 0.15) is 20.9 Å². The summed E-state index contributed by atoms with van der Waals surface area (Å²) >= 11 is 1.66. The van der Waals surface area contributed by atoms with Crippen molar-refractivity contribution in [2.24, 2.45) is 0 Å². The first-order valence-electron chi connectivity index (χ1n) is 10.7. The highest BCUT2D eigenvalue weighted by atomic mass is 32.1. The van der Waals surface area contributed by atoms with Gasteiger partial charge in [0.25, 0.3) is 0 Å². The molecule has 4 aromatic rings. The summed E-state index contributed by atoms with van der Waals surface area (Å²) in [6.07, 6.45) is 3.80. The van der Waals surface area contributed by atoms with Crippen LogP contribution in [-0.2, 0) is 6.42 Å². The van der Waals surface area contributed by atoms with Crippen LogP contribution in [0.5, 0.6) is 0 Å². The second-order valence-electron chi connectivity index (χ2n) is 8.18. The molecule has 0 aliphatic carbocycles. The van der Waals surface area contributed by atoms with Gasteiger partial charge in [0.2, 0.25) is 0 Å². The van der Waals surface area contributed by atoms with E-state index in [0.717, 1.165) is 53.5 Å². The summed E-state index contributed by atoms with van der Waals surface area (Å²) in [6, 6.07) is 11.6. The van der Waals surface area contributed by atoms with E-state index in [1.165, 1.54) is 4.88 Å². The van der Waals surface area contributed by atoms with Gasteiger partial charge in [-0.1, -0.05) is 0 Å². The first kappa shape index (κ1) is 20.7. The van der Waals surface area contributed by atoms with E-state index in [1.54, 1.807) is 23.6 Å². The molecule has 5 rings (SSSR count). The van der Waals surface area contributed by atoms with Crippen LogP contribution in [0.2, 0.25) is 0 Å². The molecular formula is C24H24N6OS. The first-order chi connectivity index (χ1) is 15.5. The standard InChI is InChI=1S/C24H24N6OS/c1-16-15-26-24(32-16)18-3-4-21-19(11-18)12-20(27-28-21)14-22(31)17-5-6-25-23(13-17)30-9-7-29(2)8-10-30/h3-6,11-13,15H,7-10,14H2,1-2H3. The fourth-order valence-electron chi connectivity index (χ4n) is 3.86. The van der Waals surface area contributed by atoms with Gasteiger partial charge >= 0.3 is 0 Å². The summed E-state index contributed by atoms with van der Waals surface area (Å²) in [5, 5.41) is 10.5. The molecule has 0 bridgehead atoms. The fraction of sp³-hybridized carbons (Fsp3) is 0.292. The number of aryl methyl sites for hydroxylation is 1. The number of aromatic nitrogens is 4. The van der Waals surface area contributed by atoms with Crippen molar-refractivity contribution in [1.82, 2.24) is 25.1 Å². The Morgan fingerprint density at radius 3 is 2.66 bits per heavy atom. The number of fused-ring (bicyclic) bond motifs is 1. The highest BCUT2D eigenvalue weighted by molar-refractivity contribution is 7.14. The molecule has 1 aliphatic heterocycles. The molecule has 7 nitrogen and oxygen atoms in total. The Labute approximate surface area is 190 Å². The predicted molar refractivity (Wildman–Crippen MR) is 127 cm³/mol. The highest BCUT2D eigenvalue weighted by Crippen LogP contribution is 2.27. The van der Waals surface area contributed by atoms with Gasteiger partial charge in [0.15, 0.2) is 5.78 Å². The largest absolute Gasteiger partial charge is 0.354 e. The number of Topliss-reactive ketones (excluding diaryl/α,β-unsaturated/α-hetero) is 1. The SMILES string of the molecule is Cc1cnc(-c2ccc3nnc(CC(=O)c4ccnc(N5CCN(C)CC5)c4)cc3c2)s1. The molecule has 0 unspecified atom stereocenters. The van der Waals surface area contributed by atoms with Crippen LogP contribution in [0, 0.1) is 6.92 Å². The van der Waals surface area contributed by atoms with Crippen LogP contribution in [0.3, 0.4) is 0 Å². The van der Waals surface area contributed by atoms with Crippen molar-refractivity contribution in [3.63, 3.8) is 0 Å². The number of carbonyl (C=O) groups excluding carboxylic acids is 1. The van der Waals surface area contributed by atoms with E-state index >= 15 is 0 Å². The molecule has 4 heterocycles. The molecule has 0 amide bonds. The maximum absolute atomic E-state index is 13.0. The number of ketones is 1. The molecule has 32 heavy (non-hydrogen) atoms. The number of rotatable bonds is 5. The van der Waals surface area contributed by atoms with Gasteiger partial charge in [-0.25, -0.2) is 9.97 Å². The molecule has 0 saturated carbocycles. The molecule has 1 aliphatic rings. The lowest BCUT2D eigenvalue weighted by atomic mass is 10.1. The molecule has 0 radical (unpaired) electrons. The summed E-state index contributed by atoms with van der Waals surface area (Å²) in [5.74, 6) is 0.875. The van der Waals surface area contributed by atoms with Gasteiger partial charge in [0.05, 0.1) is 17.6 Å². The first-order valence-corrected chi connectivity index (χ1v) is 11.5. The third kappa shape index (κ3) is 4.37. The van der Waals surface area contributed by atoms with Crippen LogP contribution in [-0.4, -0.2) is 64.1 Å². The molecule has 1 saturated heterocycles. The zero-order chi connectivity index (χ0) is 22.1. The van der Waals surface area contributed by atoms with E-state index in [0.29, 0.717) is 11.3 Å². The molecular weight excluding hydrogens is 420 g/mol. The zero-order valence-corrected chi connectivity index (χ0v) is 19.0. The lowest BCUT2D eigenvalue weighted by Crippen LogP contribution is -2.44. The van der Waals surface area contributed by atoms with E-state index < -0.39 is 0 Å². The topological polar surface area (TPSA) is 75.1 Å². The van der Waals surface area contributed by atoms with E-state index in [1.807, 2.05) is 37.4 Å². The van der Waals surface area contributed by atoms with Gasteiger partial charge in [-0.15, -0.1) is 11.3 Å². The van der Waals surface area contributed by atoms with Crippen LogP contribution >= 0.6 is 11.3 Å². The maximum atomic E-state index is 13.0. The van der Waals surface area contributed by atoms with Gasteiger partial charge < -0.3 is 9.80 Å². The Kier molecular flexibility index (Phi) is 5.63. The fourth-order valence-corrected chi connectivity index (χ4v) is 4.62. The number of piperazine rings is 1. The number of thiazole rings is 1. The third-order valence-electron chi connectivity index (χ3n) is 5.74. The van der Waals surface area contributed by atoms with Crippen molar-refractivity contribution in [2.75, 3.05) is 38.1 Å². The Hall–Kier alpha value is -3.23. The number of carbonyl (C=O) groups is 1. The number of likely N-dealkylation sites (N-methyl/N-ethyl adjacent to an activating group) is 1. The zero-order valence-electron chi connectivity index (χ0n) is 18.2. The van der Waals surface area contributed by atoms with Crippen LogP contribution < -0.4 is 4.90 Å². The van der Waals surface area contributed by atoms with Crippen molar-refractivity contribution < 1.29 is 4.79 Å². The lowest BCUT2D eigenvalue weighted by molar-refractivity contribution is 0.0991. The number of nitrogens with zero attached hydrogens (tertiary/aromatic N) is 6. The normalized spacial score (nSPS) is 14.8. The van der Waals surface area contributed by atoms with Gasteiger partial charge in [-0.3, -0.25) is 4.79 Å². The van der Waals surface area contributed by atoms with Crippen molar-refractivity contribution >= 4 is 33.8 Å². The maximum Gasteiger partial charge on any atom is 0.169 e. The average molecular weight is 445 g/mol. The molecule has 3 aromatic heterocycles. The van der Waals surface area contributed by atoms with Crippen molar-refractivity contribution in [1.29, 1.82) is 0 Å². The van der Waals surface area contributed by atoms with E-state index in [2.05, 4.69) is 43.1 Å². The number of hydrogen-bond acceptors (Lipinski definition) is 8. The molecule has 0 atom stereocenters. The Bertz CT molecular complexity index is 1280. The quantitative estimate of drug-likeness (QED) is 0.435. The molecule has 1 fully saturated rings. The van der Waals surface area contributed by atoms with Gasteiger partial charge in [0.1, 0.15) is 10.8 Å². The number of pyridine rings is 1. The lowest BCUT2D eigenvalue weighted by Gasteiger charge is -2.33. The Balaban J connectivity index is 1.36. The minimum atomic E-state index is 0.0168. The summed E-state index contributed by atoms with van der Waals surface area (Å²) in [4.78, 5) is 27.6. The molecule has 8 heteroatoms. The number of benzene rings is 1. The van der Waals surface area contributed by atoms with E-state index in [9.17, 15) is 4.79 Å². The predicted octanol–water partition coefficient (Wildman–Crippen LogP) is 3.63. The van der Waals surface area contributed by atoms with E-state index in [4.69, 9.17) is 0 Å². The van der Waals surface area contributed by atoms with Crippen molar-refractivity contribution in [3.05, 3.63) is 64.9 Å². The van der Waals surface area contributed by atoms with Gasteiger partial charge in [-0.05, 0) is 50.4 Å². The second kappa shape index (κ2) is 8.72. The Morgan fingerprint density at radius 2 is 1.88 bits per heavy atom. The van der Waals surface area contributed by atoms with Crippen LogP contribution in [0.25, 0.3) is 21.5 Å². The molecule has 0 N–H and O–H groups in total. The van der Waals surface area contributed by atoms with Crippen molar-refractivity contribution in [3.8, 4) is 10.6 Å². The van der Waals surface area contributed by atoms with Gasteiger partial charge in [0, 0.05) is 60.0 Å². The summed E-state index contributed by atoms with van der Waals surface area (Å²) in [5.41, 5.74) is 3.17. The minimum absolute atomic E-state index is 0.0168. The van der Waals surface area contributed by atoms with Crippen LogP contribution in [0.15, 0.2) is 48.8 Å². The summed E-state index contributed by atoms with van der Waals surface area (Å²) < 4.78 is 0. The van der Waals surface area contributed by atoms with E-state index in [-0.39, 0.29) is 12.2 Å². The smallest absolute Gasteiger partial charge is 0.169 e. The Morgan fingerprint density at radius 1 is 1.03 bits per heavy atom. The number of anilines is 1. The monoisotopic (exact) mass is 444 g/mol. The average Bonchev–Trinajstić information content (AvgIpc) is 3.25. The van der Waals surface area contributed by atoms with Gasteiger partial charge in [-0.2, -0.15) is 10.2 Å². The second-order valence-corrected chi connectivity index (χ2v) is 9.41. The molecule has 1 aromatic carbocycles. The molecule has 0 spiro atoms. The molecule has 162 valence electrons. The number of hydrogen-bond donors (Lipinski definition) is 0. The minimum Gasteiger partial charge on any atom is -0.354 e. The highest BCUT2D eigenvalue weighted by Gasteiger charge is 2.17. The summed E-state index contributed by atoms with van der Waals surface area (Å²) in [6.45, 7) is 5.87. The van der Waals surface area contributed by atoms with Crippen LogP contribution in [0.4, 0.5) is 5.82 Å². The van der Waals surface area contributed by atoms with Crippen molar-refractivity contribution in [2.45, 2.75) is 13.3 Å². The summed E-state index contributed by atoms with van der Waals surface area (Å²) in [7, 11) is 2.12. The third-order valence-corrected chi connectivity index (χ3v) is 6.70.